The Labute approximate surface area is 133 Å². The van der Waals surface area contributed by atoms with E-state index >= 15 is 0 Å². The van der Waals surface area contributed by atoms with E-state index in [2.05, 4.69) is 5.32 Å². The van der Waals surface area contributed by atoms with Gasteiger partial charge in [-0.15, -0.1) is 11.8 Å². The summed E-state index contributed by atoms with van der Waals surface area (Å²) in [4.78, 5) is 14.4. The van der Waals surface area contributed by atoms with Gasteiger partial charge in [-0.05, 0) is 31.2 Å². The molecule has 0 spiro atoms. The summed E-state index contributed by atoms with van der Waals surface area (Å²) in [6.45, 7) is 3.17. The van der Waals surface area contributed by atoms with Crippen LogP contribution in [0.1, 0.15) is 18.1 Å². The van der Waals surface area contributed by atoms with E-state index in [9.17, 15) is 4.79 Å². The SMILES string of the molecule is CCOc1ccccc1NC(=O)N1CCSC1c1ccco1. The molecule has 6 heteroatoms. The van der Waals surface area contributed by atoms with Crippen molar-refractivity contribution in [2.75, 3.05) is 24.2 Å². The molecule has 3 rings (SSSR count). The molecule has 0 radical (unpaired) electrons. The van der Waals surface area contributed by atoms with Gasteiger partial charge in [0.15, 0.2) is 0 Å². The minimum Gasteiger partial charge on any atom is -0.492 e. The first-order valence-electron chi connectivity index (χ1n) is 7.24. The molecule has 1 aromatic heterocycles. The molecule has 1 fully saturated rings. The van der Waals surface area contributed by atoms with E-state index in [4.69, 9.17) is 9.15 Å². The maximum Gasteiger partial charge on any atom is 0.323 e. The Morgan fingerprint density at radius 3 is 3.05 bits per heavy atom. The van der Waals surface area contributed by atoms with Gasteiger partial charge in [0, 0.05) is 12.3 Å². The third-order valence-corrected chi connectivity index (χ3v) is 4.59. The summed E-state index contributed by atoms with van der Waals surface area (Å²) in [5.41, 5.74) is 0.685. The normalized spacial score (nSPS) is 17.5. The number of furan rings is 1. The molecule has 1 aliphatic rings. The fourth-order valence-electron chi connectivity index (χ4n) is 2.38. The van der Waals surface area contributed by atoms with Crippen molar-refractivity contribution >= 4 is 23.5 Å². The van der Waals surface area contributed by atoms with Crippen molar-refractivity contribution in [1.29, 1.82) is 0 Å². The molecule has 1 aliphatic heterocycles. The zero-order valence-electron chi connectivity index (χ0n) is 12.3. The summed E-state index contributed by atoms with van der Waals surface area (Å²) in [6, 6.07) is 11.1. The first-order valence-corrected chi connectivity index (χ1v) is 8.29. The summed E-state index contributed by atoms with van der Waals surface area (Å²) in [5, 5.41) is 2.86. The molecule has 2 aromatic rings. The Kier molecular flexibility index (Phi) is 4.58. The van der Waals surface area contributed by atoms with Gasteiger partial charge in [0.05, 0.1) is 18.6 Å². The van der Waals surface area contributed by atoms with E-state index in [0.29, 0.717) is 24.6 Å². The van der Waals surface area contributed by atoms with Gasteiger partial charge in [0.25, 0.3) is 0 Å². The zero-order valence-corrected chi connectivity index (χ0v) is 13.1. The fraction of sp³-hybridized carbons (Fsp3) is 0.312. The van der Waals surface area contributed by atoms with Crippen molar-refractivity contribution in [3.05, 3.63) is 48.4 Å². The molecule has 2 heterocycles. The van der Waals surface area contributed by atoms with Gasteiger partial charge < -0.3 is 19.4 Å². The van der Waals surface area contributed by atoms with Gasteiger partial charge in [-0.25, -0.2) is 4.79 Å². The number of nitrogens with one attached hydrogen (secondary N) is 1. The van der Waals surface area contributed by atoms with Crippen molar-refractivity contribution in [2.24, 2.45) is 0 Å². The van der Waals surface area contributed by atoms with Gasteiger partial charge in [-0.3, -0.25) is 0 Å². The van der Waals surface area contributed by atoms with E-state index < -0.39 is 0 Å². The van der Waals surface area contributed by atoms with Crippen LogP contribution in [-0.2, 0) is 0 Å². The molecule has 0 aliphatic carbocycles. The highest BCUT2D eigenvalue weighted by Gasteiger charge is 2.32. The molecule has 22 heavy (non-hydrogen) atoms. The van der Waals surface area contributed by atoms with Crippen LogP contribution in [0.25, 0.3) is 0 Å². The van der Waals surface area contributed by atoms with Gasteiger partial charge in [0.2, 0.25) is 0 Å². The number of thioether (sulfide) groups is 1. The van der Waals surface area contributed by atoms with E-state index in [-0.39, 0.29) is 11.4 Å². The molecule has 1 N–H and O–H groups in total. The highest BCUT2D eigenvalue weighted by atomic mass is 32.2. The van der Waals surface area contributed by atoms with E-state index in [1.807, 2.05) is 43.3 Å². The second-order valence-electron chi connectivity index (χ2n) is 4.79. The summed E-state index contributed by atoms with van der Waals surface area (Å²) < 4.78 is 11.0. The van der Waals surface area contributed by atoms with Crippen LogP contribution >= 0.6 is 11.8 Å². The summed E-state index contributed by atoms with van der Waals surface area (Å²) in [7, 11) is 0. The molecular formula is C16H18N2O3S. The number of rotatable bonds is 4. The van der Waals surface area contributed by atoms with Crippen LogP contribution in [0.2, 0.25) is 0 Å². The number of anilines is 1. The molecule has 0 saturated carbocycles. The Balaban J connectivity index is 1.74. The van der Waals surface area contributed by atoms with Gasteiger partial charge in [0.1, 0.15) is 16.9 Å². The lowest BCUT2D eigenvalue weighted by atomic mass is 10.3. The second-order valence-corrected chi connectivity index (χ2v) is 5.98. The van der Waals surface area contributed by atoms with Crippen molar-refractivity contribution in [2.45, 2.75) is 12.3 Å². The Bertz CT molecular complexity index is 630. The number of hydrogen-bond acceptors (Lipinski definition) is 4. The third-order valence-electron chi connectivity index (χ3n) is 3.37. The van der Waals surface area contributed by atoms with Crippen molar-refractivity contribution in [3.63, 3.8) is 0 Å². The predicted molar refractivity (Wildman–Crippen MR) is 87.2 cm³/mol. The van der Waals surface area contributed by atoms with E-state index in [1.54, 1.807) is 22.9 Å². The largest absolute Gasteiger partial charge is 0.492 e. The molecule has 1 unspecified atom stereocenters. The van der Waals surface area contributed by atoms with Crippen molar-refractivity contribution in [1.82, 2.24) is 4.90 Å². The molecule has 1 atom stereocenters. The topological polar surface area (TPSA) is 54.7 Å². The quantitative estimate of drug-likeness (QED) is 0.927. The van der Waals surface area contributed by atoms with Gasteiger partial charge >= 0.3 is 6.03 Å². The lowest BCUT2D eigenvalue weighted by Gasteiger charge is -2.23. The second kappa shape index (κ2) is 6.79. The zero-order chi connectivity index (χ0) is 15.4. The highest BCUT2D eigenvalue weighted by molar-refractivity contribution is 7.99. The lowest BCUT2D eigenvalue weighted by Crippen LogP contribution is -2.34. The van der Waals surface area contributed by atoms with Crippen LogP contribution in [0, 0.1) is 0 Å². The predicted octanol–water partition coefficient (Wildman–Crippen LogP) is 3.96. The number of nitrogens with zero attached hydrogens (tertiary/aromatic N) is 1. The number of amides is 2. The number of carbonyl (C=O) groups excluding carboxylic acids is 1. The highest BCUT2D eigenvalue weighted by Crippen LogP contribution is 2.38. The smallest absolute Gasteiger partial charge is 0.323 e. The summed E-state index contributed by atoms with van der Waals surface area (Å²) in [5.74, 6) is 2.38. The van der Waals surface area contributed by atoms with Crippen LogP contribution in [0.5, 0.6) is 5.75 Å². The van der Waals surface area contributed by atoms with Crippen molar-refractivity contribution in [3.8, 4) is 5.75 Å². The Hall–Kier alpha value is -2.08. The maximum atomic E-state index is 12.6. The monoisotopic (exact) mass is 318 g/mol. The lowest BCUT2D eigenvalue weighted by molar-refractivity contribution is 0.209. The maximum absolute atomic E-state index is 12.6. The van der Waals surface area contributed by atoms with Gasteiger partial charge in [-0.1, -0.05) is 12.1 Å². The minimum absolute atomic E-state index is 0.0748. The Morgan fingerprint density at radius 1 is 1.41 bits per heavy atom. The molecule has 1 aromatic carbocycles. The van der Waals surface area contributed by atoms with Crippen LogP contribution < -0.4 is 10.1 Å². The molecule has 116 valence electrons. The average molecular weight is 318 g/mol. The average Bonchev–Trinajstić information content (AvgIpc) is 3.20. The number of hydrogen-bond donors (Lipinski definition) is 1. The number of ether oxygens (including phenoxy) is 1. The molecule has 2 amide bonds. The fourth-order valence-corrected chi connectivity index (χ4v) is 3.59. The number of para-hydroxylation sites is 2. The molecular weight excluding hydrogens is 300 g/mol. The standard InChI is InChI=1S/C16H18N2O3S/c1-2-20-13-7-4-3-6-12(13)17-16(19)18-9-11-22-15(18)14-8-5-10-21-14/h3-8,10,15H,2,9,11H2,1H3,(H,17,19). The van der Waals surface area contributed by atoms with Crippen LogP contribution in [0.3, 0.4) is 0 Å². The van der Waals surface area contributed by atoms with E-state index in [0.717, 1.165) is 11.5 Å². The number of benzene rings is 1. The van der Waals surface area contributed by atoms with Crippen LogP contribution in [0.4, 0.5) is 10.5 Å². The number of carbonyl (C=O) groups is 1. The summed E-state index contributed by atoms with van der Waals surface area (Å²) in [6.07, 6.45) is 1.63. The van der Waals surface area contributed by atoms with Crippen LogP contribution in [-0.4, -0.2) is 29.8 Å². The van der Waals surface area contributed by atoms with E-state index in [1.165, 1.54) is 0 Å². The Morgan fingerprint density at radius 2 is 2.27 bits per heavy atom. The summed E-state index contributed by atoms with van der Waals surface area (Å²) >= 11 is 1.70. The van der Waals surface area contributed by atoms with Gasteiger partial charge in [-0.2, -0.15) is 0 Å². The molecule has 5 nitrogen and oxygen atoms in total. The number of urea groups is 1. The van der Waals surface area contributed by atoms with Crippen molar-refractivity contribution < 1.29 is 13.9 Å². The first-order chi connectivity index (χ1) is 10.8. The van der Waals surface area contributed by atoms with Crippen LogP contribution in [0.15, 0.2) is 47.1 Å². The molecule has 1 saturated heterocycles. The minimum atomic E-state index is -0.140. The third kappa shape index (κ3) is 3.06. The molecule has 0 bridgehead atoms. The first kappa shape index (κ1) is 14.8.